The lowest BCUT2D eigenvalue weighted by Crippen LogP contribution is -2.15. The summed E-state index contributed by atoms with van der Waals surface area (Å²) < 4.78 is 33.3. The highest BCUT2D eigenvalue weighted by molar-refractivity contribution is 7.93. The normalized spacial score (nSPS) is 11.4. The minimum absolute atomic E-state index is 0.262. The number of methoxy groups -OCH3 is 1. The first-order valence-electron chi connectivity index (χ1n) is 8.34. The second-order valence-electron chi connectivity index (χ2n) is 6.36. The van der Waals surface area contributed by atoms with Crippen LogP contribution in [0.5, 0.6) is 5.75 Å². The predicted molar refractivity (Wildman–Crippen MR) is 107 cm³/mol. The van der Waals surface area contributed by atoms with Gasteiger partial charge in [-0.2, -0.15) is 0 Å². The lowest BCUT2D eigenvalue weighted by atomic mass is 10.1. The molecular weight excluding hydrogens is 382 g/mol. The van der Waals surface area contributed by atoms with Crippen molar-refractivity contribution in [3.05, 3.63) is 63.7 Å². The zero-order valence-corrected chi connectivity index (χ0v) is 17.2. The molecule has 0 aliphatic heterocycles. The molecule has 0 amide bonds. The Kier molecular flexibility index (Phi) is 5.48. The number of hydrogen-bond donors (Lipinski definition) is 1. The molecule has 0 spiro atoms. The standard InChI is InChI=1S/C19H21N3O3S2/c1-12-9-13(2)18(14(3)10-12)27(23,24)22-19-21-20-17(26-19)11-15-5-7-16(25-4)8-6-15/h5-10H,11H2,1-4H3,(H,21,22). The predicted octanol–water partition coefficient (Wildman–Crippen LogP) is 3.86. The summed E-state index contributed by atoms with van der Waals surface area (Å²) in [5.41, 5.74) is 3.50. The van der Waals surface area contributed by atoms with Crippen molar-refractivity contribution in [3.63, 3.8) is 0 Å². The fourth-order valence-electron chi connectivity index (χ4n) is 3.04. The highest BCUT2D eigenvalue weighted by Gasteiger charge is 2.21. The van der Waals surface area contributed by atoms with Crippen LogP contribution in [0.4, 0.5) is 5.13 Å². The van der Waals surface area contributed by atoms with E-state index in [0.717, 1.165) is 21.9 Å². The molecule has 0 unspecified atom stereocenters. The van der Waals surface area contributed by atoms with Gasteiger partial charge in [-0.1, -0.05) is 41.2 Å². The molecule has 0 aliphatic carbocycles. The van der Waals surface area contributed by atoms with E-state index in [1.54, 1.807) is 21.0 Å². The van der Waals surface area contributed by atoms with Crippen LogP contribution >= 0.6 is 11.3 Å². The number of nitrogens with zero attached hydrogens (tertiary/aromatic N) is 2. The van der Waals surface area contributed by atoms with Crippen molar-refractivity contribution in [1.29, 1.82) is 0 Å². The summed E-state index contributed by atoms with van der Waals surface area (Å²) in [7, 11) is -2.10. The number of anilines is 1. The fourth-order valence-corrected chi connectivity index (χ4v) is 5.50. The maximum absolute atomic E-state index is 12.8. The smallest absolute Gasteiger partial charge is 0.264 e. The molecule has 6 nitrogen and oxygen atoms in total. The molecule has 3 aromatic rings. The van der Waals surface area contributed by atoms with Gasteiger partial charge in [0.15, 0.2) is 0 Å². The summed E-state index contributed by atoms with van der Waals surface area (Å²) in [6, 6.07) is 11.4. The quantitative estimate of drug-likeness (QED) is 0.676. The first kappa shape index (κ1) is 19.3. The van der Waals surface area contributed by atoms with Crippen molar-refractivity contribution in [2.45, 2.75) is 32.1 Å². The largest absolute Gasteiger partial charge is 0.497 e. The number of aromatic nitrogens is 2. The zero-order valence-electron chi connectivity index (χ0n) is 15.6. The van der Waals surface area contributed by atoms with Crippen LogP contribution in [0.2, 0.25) is 0 Å². The third-order valence-corrected chi connectivity index (χ3v) is 6.69. The SMILES string of the molecule is COc1ccc(Cc2nnc(NS(=O)(=O)c3c(C)cc(C)cc3C)s2)cc1. The summed E-state index contributed by atoms with van der Waals surface area (Å²) in [5.74, 6) is 0.785. The van der Waals surface area contributed by atoms with Crippen LogP contribution in [-0.2, 0) is 16.4 Å². The highest BCUT2D eigenvalue weighted by Crippen LogP contribution is 2.26. The Morgan fingerprint density at radius 3 is 2.26 bits per heavy atom. The van der Waals surface area contributed by atoms with Crippen LogP contribution in [-0.4, -0.2) is 25.7 Å². The van der Waals surface area contributed by atoms with Gasteiger partial charge in [0.1, 0.15) is 10.8 Å². The van der Waals surface area contributed by atoms with Gasteiger partial charge in [-0.25, -0.2) is 8.42 Å². The molecule has 0 fully saturated rings. The molecule has 2 aromatic carbocycles. The molecule has 0 saturated heterocycles. The number of benzene rings is 2. The molecule has 0 bridgehead atoms. The van der Waals surface area contributed by atoms with Gasteiger partial charge >= 0.3 is 0 Å². The van der Waals surface area contributed by atoms with Crippen molar-refractivity contribution in [2.75, 3.05) is 11.8 Å². The van der Waals surface area contributed by atoms with E-state index in [4.69, 9.17) is 4.74 Å². The molecule has 1 aromatic heterocycles. The van der Waals surface area contributed by atoms with Gasteiger partial charge in [0.25, 0.3) is 10.0 Å². The van der Waals surface area contributed by atoms with Crippen LogP contribution in [0.1, 0.15) is 27.3 Å². The first-order chi connectivity index (χ1) is 12.8. The first-order valence-corrected chi connectivity index (χ1v) is 10.6. The van der Waals surface area contributed by atoms with Gasteiger partial charge in [-0.05, 0) is 49.6 Å². The summed E-state index contributed by atoms with van der Waals surface area (Å²) >= 11 is 1.23. The lowest BCUT2D eigenvalue weighted by molar-refractivity contribution is 0.414. The van der Waals surface area contributed by atoms with Gasteiger partial charge in [0, 0.05) is 6.42 Å². The third kappa shape index (κ3) is 4.45. The Morgan fingerprint density at radius 2 is 1.67 bits per heavy atom. The minimum Gasteiger partial charge on any atom is -0.497 e. The average molecular weight is 404 g/mol. The van der Waals surface area contributed by atoms with E-state index in [-0.39, 0.29) is 5.13 Å². The van der Waals surface area contributed by atoms with E-state index in [9.17, 15) is 8.42 Å². The van der Waals surface area contributed by atoms with E-state index >= 15 is 0 Å². The van der Waals surface area contributed by atoms with E-state index in [1.807, 2.05) is 43.3 Å². The number of aryl methyl sites for hydroxylation is 3. The Morgan fingerprint density at radius 1 is 1.04 bits per heavy atom. The van der Waals surface area contributed by atoms with E-state index < -0.39 is 10.0 Å². The molecule has 0 aliphatic rings. The van der Waals surface area contributed by atoms with Crippen LogP contribution < -0.4 is 9.46 Å². The van der Waals surface area contributed by atoms with Crippen LogP contribution in [0.3, 0.4) is 0 Å². The summed E-state index contributed by atoms with van der Waals surface area (Å²) in [4.78, 5) is 0.292. The Balaban J connectivity index is 1.78. The molecule has 1 N–H and O–H groups in total. The third-order valence-electron chi connectivity index (χ3n) is 4.08. The number of nitrogens with one attached hydrogen (secondary N) is 1. The van der Waals surface area contributed by atoms with Gasteiger partial charge in [-0.15, -0.1) is 10.2 Å². The minimum atomic E-state index is -3.72. The van der Waals surface area contributed by atoms with Crippen molar-refractivity contribution in [2.24, 2.45) is 0 Å². The molecule has 8 heteroatoms. The second kappa shape index (κ2) is 7.66. The number of sulfonamides is 1. The number of hydrogen-bond acceptors (Lipinski definition) is 6. The summed E-state index contributed by atoms with van der Waals surface area (Å²) in [6.45, 7) is 5.54. The Labute approximate surface area is 163 Å². The highest BCUT2D eigenvalue weighted by atomic mass is 32.2. The van der Waals surface area contributed by atoms with Crippen molar-refractivity contribution in [3.8, 4) is 5.75 Å². The van der Waals surface area contributed by atoms with Gasteiger partial charge in [0.05, 0.1) is 12.0 Å². The van der Waals surface area contributed by atoms with Gasteiger partial charge in [0.2, 0.25) is 5.13 Å². The Hall–Kier alpha value is -2.45. The average Bonchev–Trinajstić information content (AvgIpc) is 3.00. The van der Waals surface area contributed by atoms with E-state index in [0.29, 0.717) is 22.4 Å². The van der Waals surface area contributed by atoms with Crippen LogP contribution in [0, 0.1) is 20.8 Å². The van der Waals surface area contributed by atoms with Gasteiger partial charge < -0.3 is 4.74 Å². The fraction of sp³-hybridized carbons (Fsp3) is 0.263. The van der Waals surface area contributed by atoms with Crippen molar-refractivity contribution < 1.29 is 13.2 Å². The Bertz CT molecular complexity index is 1040. The molecule has 0 atom stereocenters. The summed E-state index contributed by atoms with van der Waals surface area (Å²) in [5, 5.41) is 9.08. The topological polar surface area (TPSA) is 81.2 Å². The molecule has 142 valence electrons. The molecule has 0 radical (unpaired) electrons. The van der Waals surface area contributed by atoms with Crippen molar-refractivity contribution >= 4 is 26.5 Å². The van der Waals surface area contributed by atoms with Crippen LogP contribution in [0.25, 0.3) is 0 Å². The van der Waals surface area contributed by atoms with Gasteiger partial charge in [-0.3, -0.25) is 4.72 Å². The van der Waals surface area contributed by atoms with Crippen molar-refractivity contribution in [1.82, 2.24) is 10.2 Å². The van der Waals surface area contributed by atoms with Crippen LogP contribution in [0.15, 0.2) is 41.3 Å². The number of rotatable bonds is 6. The monoisotopic (exact) mass is 403 g/mol. The molecule has 3 rings (SSSR count). The maximum Gasteiger partial charge on any atom is 0.264 e. The summed E-state index contributed by atoms with van der Waals surface area (Å²) in [6.07, 6.45) is 0.575. The van der Waals surface area contributed by atoms with E-state index in [2.05, 4.69) is 14.9 Å². The molecule has 27 heavy (non-hydrogen) atoms. The van der Waals surface area contributed by atoms with E-state index in [1.165, 1.54) is 11.3 Å². The number of ether oxygens (including phenoxy) is 1. The maximum atomic E-state index is 12.8. The molecule has 1 heterocycles. The lowest BCUT2D eigenvalue weighted by Gasteiger charge is -2.12. The molecule has 0 saturated carbocycles. The second-order valence-corrected chi connectivity index (χ2v) is 9.04. The zero-order chi connectivity index (χ0) is 19.6. The molecular formula is C19H21N3O3S2.